The minimum atomic E-state index is -0.180. The van der Waals surface area contributed by atoms with Gasteiger partial charge in [0.05, 0.1) is 11.7 Å². The molecule has 2 aromatic heterocycles. The second-order valence-electron chi connectivity index (χ2n) is 8.06. The standard InChI is InChI=1S/C25H26ClN5O/c1-6-31-17(4)19(13-27-31)14-30(5)25(32)23-22-16(3)20(26)10-11-21(22)28-24(29-23)18-9-7-8-15(2)12-18/h7-13H,6,14H2,1-5H3. The van der Waals surface area contributed by atoms with E-state index in [0.29, 0.717) is 34.0 Å². The number of hydrogen-bond donors (Lipinski definition) is 0. The number of amides is 1. The predicted molar refractivity (Wildman–Crippen MR) is 128 cm³/mol. The molecule has 164 valence electrons. The Kier molecular flexibility index (Phi) is 5.98. The zero-order valence-corrected chi connectivity index (χ0v) is 19.7. The van der Waals surface area contributed by atoms with Crippen LogP contribution in [0.15, 0.2) is 42.6 Å². The predicted octanol–water partition coefficient (Wildman–Crippen LogP) is 5.36. The second-order valence-corrected chi connectivity index (χ2v) is 8.47. The molecule has 0 unspecified atom stereocenters. The van der Waals surface area contributed by atoms with E-state index in [4.69, 9.17) is 21.6 Å². The summed E-state index contributed by atoms with van der Waals surface area (Å²) in [6.07, 6.45) is 1.82. The van der Waals surface area contributed by atoms with Crippen molar-refractivity contribution in [2.75, 3.05) is 7.05 Å². The van der Waals surface area contributed by atoms with Gasteiger partial charge in [-0.15, -0.1) is 0 Å². The second kappa shape index (κ2) is 8.71. The van der Waals surface area contributed by atoms with Crippen molar-refractivity contribution >= 4 is 28.4 Å². The lowest BCUT2D eigenvalue weighted by Crippen LogP contribution is -2.28. The summed E-state index contributed by atoms with van der Waals surface area (Å²) >= 11 is 6.40. The van der Waals surface area contributed by atoms with Crippen molar-refractivity contribution in [3.63, 3.8) is 0 Å². The lowest BCUT2D eigenvalue weighted by Gasteiger charge is -2.19. The average molecular weight is 448 g/mol. The number of nitrogens with zero attached hydrogens (tertiary/aromatic N) is 5. The number of aryl methyl sites for hydroxylation is 3. The smallest absolute Gasteiger partial charge is 0.273 e. The van der Waals surface area contributed by atoms with Gasteiger partial charge in [0.2, 0.25) is 0 Å². The number of benzene rings is 2. The Morgan fingerprint density at radius 3 is 2.59 bits per heavy atom. The molecule has 4 rings (SSSR count). The molecule has 0 fully saturated rings. The van der Waals surface area contributed by atoms with E-state index in [9.17, 15) is 4.79 Å². The summed E-state index contributed by atoms with van der Waals surface area (Å²) in [5.41, 5.74) is 5.89. The van der Waals surface area contributed by atoms with Crippen molar-refractivity contribution in [2.24, 2.45) is 0 Å². The van der Waals surface area contributed by atoms with Crippen molar-refractivity contribution in [1.29, 1.82) is 0 Å². The first-order valence-corrected chi connectivity index (χ1v) is 11.0. The van der Waals surface area contributed by atoms with Gasteiger partial charge in [0.25, 0.3) is 5.91 Å². The zero-order chi connectivity index (χ0) is 23.0. The molecule has 4 aromatic rings. The van der Waals surface area contributed by atoms with Gasteiger partial charge in [-0.3, -0.25) is 9.48 Å². The summed E-state index contributed by atoms with van der Waals surface area (Å²) in [7, 11) is 1.78. The van der Waals surface area contributed by atoms with Crippen LogP contribution >= 0.6 is 11.6 Å². The van der Waals surface area contributed by atoms with Crippen molar-refractivity contribution in [3.05, 3.63) is 75.7 Å². The Morgan fingerprint density at radius 2 is 1.91 bits per heavy atom. The van der Waals surface area contributed by atoms with Gasteiger partial charge in [-0.25, -0.2) is 9.97 Å². The van der Waals surface area contributed by atoms with Gasteiger partial charge >= 0.3 is 0 Å². The highest BCUT2D eigenvalue weighted by Gasteiger charge is 2.22. The Balaban J connectivity index is 1.82. The molecule has 0 spiro atoms. The molecule has 0 saturated heterocycles. The summed E-state index contributed by atoms with van der Waals surface area (Å²) in [6, 6.07) is 11.6. The van der Waals surface area contributed by atoms with E-state index in [1.807, 2.05) is 75.0 Å². The van der Waals surface area contributed by atoms with Crippen LogP contribution < -0.4 is 0 Å². The summed E-state index contributed by atoms with van der Waals surface area (Å²) in [5.74, 6) is 0.343. The SMILES string of the molecule is CCn1ncc(CN(C)C(=O)c2nc(-c3cccc(C)c3)nc3ccc(Cl)c(C)c23)c1C. The van der Waals surface area contributed by atoms with Crippen LogP contribution in [0.2, 0.25) is 5.02 Å². The van der Waals surface area contributed by atoms with Gasteiger partial charge < -0.3 is 4.90 Å². The van der Waals surface area contributed by atoms with Gasteiger partial charge in [0.1, 0.15) is 5.69 Å². The Bertz CT molecular complexity index is 1330. The number of carbonyl (C=O) groups is 1. The summed E-state index contributed by atoms with van der Waals surface area (Å²) in [5, 5.41) is 5.66. The first-order valence-electron chi connectivity index (χ1n) is 10.6. The molecule has 0 bridgehead atoms. The Hall–Kier alpha value is -3.25. The number of fused-ring (bicyclic) bond motifs is 1. The number of rotatable bonds is 5. The molecule has 0 N–H and O–H groups in total. The number of carbonyl (C=O) groups excluding carboxylic acids is 1. The van der Waals surface area contributed by atoms with Crippen LogP contribution in [-0.4, -0.2) is 37.6 Å². The van der Waals surface area contributed by atoms with Crippen LogP contribution in [0.1, 0.15) is 39.8 Å². The molecule has 1 amide bonds. The summed E-state index contributed by atoms with van der Waals surface area (Å²) < 4.78 is 1.92. The first kappa shape index (κ1) is 22.0. The number of halogens is 1. The molecule has 32 heavy (non-hydrogen) atoms. The zero-order valence-electron chi connectivity index (χ0n) is 19.0. The van der Waals surface area contributed by atoms with E-state index in [-0.39, 0.29) is 5.91 Å². The molecule has 0 saturated carbocycles. The van der Waals surface area contributed by atoms with Crippen LogP contribution in [0.3, 0.4) is 0 Å². The quantitative estimate of drug-likeness (QED) is 0.413. The lowest BCUT2D eigenvalue weighted by molar-refractivity contribution is 0.0781. The Labute approximate surface area is 192 Å². The van der Waals surface area contributed by atoms with E-state index in [1.165, 1.54) is 0 Å². The van der Waals surface area contributed by atoms with Crippen LogP contribution in [0, 0.1) is 20.8 Å². The maximum absolute atomic E-state index is 13.6. The highest BCUT2D eigenvalue weighted by Crippen LogP contribution is 2.30. The lowest BCUT2D eigenvalue weighted by atomic mass is 10.1. The van der Waals surface area contributed by atoms with Crippen LogP contribution in [0.5, 0.6) is 0 Å². The van der Waals surface area contributed by atoms with E-state index in [1.54, 1.807) is 11.9 Å². The van der Waals surface area contributed by atoms with E-state index in [0.717, 1.165) is 34.5 Å². The topological polar surface area (TPSA) is 63.9 Å². The van der Waals surface area contributed by atoms with Gasteiger partial charge in [-0.05, 0) is 51.5 Å². The molecule has 0 aliphatic heterocycles. The third-order valence-corrected chi connectivity index (χ3v) is 6.20. The molecule has 0 atom stereocenters. The van der Waals surface area contributed by atoms with Crippen LogP contribution in [0.25, 0.3) is 22.3 Å². The molecule has 0 aliphatic rings. The third kappa shape index (κ3) is 3.98. The summed E-state index contributed by atoms with van der Waals surface area (Å²) in [6.45, 7) is 9.21. The van der Waals surface area contributed by atoms with Crippen molar-refractivity contribution in [3.8, 4) is 11.4 Å². The Morgan fingerprint density at radius 1 is 1.12 bits per heavy atom. The van der Waals surface area contributed by atoms with Crippen LogP contribution in [-0.2, 0) is 13.1 Å². The molecule has 0 radical (unpaired) electrons. The van der Waals surface area contributed by atoms with Crippen molar-refractivity contribution in [2.45, 2.75) is 40.8 Å². The largest absolute Gasteiger partial charge is 0.336 e. The monoisotopic (exact) mass is 447 g/mol. The van der Waals surface area contributed by atoms with Gasteiger partial charge in [-0.2, -0.15) is 5.10 Å². The van der Waals surface area contributed by atoms with Gasteiger partial charge in [0, 0.05) is 47.4 Å². The average Bonchev–Trinajstić information content (AvgIpc) is 3.14. The normalized spacial score (nSPS) is 11.2. The summed E-state index contributed by atoms with van der Waals surface area (Å²) in [4.78, 5) is 24.8. The van der Waals surface area contributed by atoms with Gasteiger partial charge in [0.15, 0.2) is 5.82 Å². The fourth-order valence-electron chi connectivity index (χ4n) is 3.90. The minimum absolute atomic E-state index is 0.180. The first-order chi connectivity index (χ1) is 15.3. The maximum Gasteiger partial charge on any atom is 0.273 e. The van der Waals surface area contributed by atoms with Crippen molar-refractivity contribution in [1.82, 2.24) is 24.6 Å². The maximum atomic E-state index is 13.6. The highest BCUT2D eigenvalue weighted by atomic mass is 35.5. The number of aromatic nitrogens is 4. The molecule has 0 aliphatic carbocycles. The molecule has 2 aromatic carbocycles. The number of hydrogen-bond acceptors (Lipinski definition) is 4. The fraction of sp³-hybridized carbons (Fsp3) is 0.280. The van der Waals surface area contributed by atoms with Crippen LogP contribution in [0.4, 0.5) is 0 Å². The molecule has 7 heteroatoms. The molecule has 2 heterocycles. The third-order valence-electron chi connectivity index (χ3n) is 5.80. The van der Waals surface area contributed by atoms with E-state index in [2.05, 4.69) is 5.10 Å². The van der Waals surface area contributed by atoms with E-state index >= 15 is 0 Å². The van der Waals surface area contributed by atoms with Gasteiger partial charge in [-0.1, -0.05) is 35.4 Å². The fourth-order valence-corrected chi connectivity index (χ4v) is 4.06. The van der Waals surface area contributed by atoms with E-state index < -0.39 is 0 Å². The molecular weight excluding hydrogens is 422 g/mol. The molecular formula is C25H26ClN5O. The minimum Gasteiger partial charge on any atom is -0.336 e. The highest BCUT2D eigenvalue weighted by molar-refractivity contribution is 6.32. The van der Waals surface area contributed by atoms with Crippen molar-refractivity contribution < 1.29 is 4.79 Å². The molecule has 6 nitrogen and oxygen atoms in total.